The molecule has 0 saturated heterocycles. The highest BCUT2D eigenvalue weighted by atomic mass is 35.5. The summed E-state index contributed by atoms with van der Waals surface area (Å²) >= 11 is 6.04. The number of sulfonamides is 1. The lowest BCUT2D eigenvalue weighted by Gasteiger charge is -2.14. The van der Waals surface area contributed by atoms with Crippen LogP contribution in [0.4, 0.5) is 5.69 Å². The van der Waals surface area contributed by atoms with E-state index >= 15 is 0 Å². The van der Waals surface area contributed by atoms with E-state index in [9.17, 15) is 13.5 Å². The molecule has 0 spiro atoms. The van der Waals surface area contributed by atoms with Gasteiger partial charge in [0.15, 0.2) is 0 Å². The molecule has 142 valence electrons. The molecule has 2 N–H and O–H groups in total. The maximum Gasteiger partial charge on any atom is 0.261 e. The Kier molecular flexibility index (Phi) is 6.05. The van der Waals surface area contributed by atoms with Crippen LogP contribution in [0, 0.1) is 18.8 Å². The van der Waals surface area contributed by atoms with Crippen LogP contribution in [-0.4, -0.2) is 13.5 Å². The first kappa shape index (κ1) is 20.0. The van der Waals surface area contributed by atoms with Crippen LogP contribution in [0.5, 0.6) is 0 Å². The molecule has 4 nitrogen and oxygen atoms in total. The van der Waals surface area contributed by atoms with Crippen LogP contribution < -0.4 is 4.72 Å². The van der Waals surface area contributed by atoms with Crippen molar-refractivity contribution in [3.05, 3.63) is 94.5 Å². The predicted molar refractivity (Wildman–Crippen MR) is 112 cm³/mol. The molecule has 0 aliphatic carbocycles. The first-order valence-corrected chi connectivity index (χ1v) is 10.3. The summed E-state index contributed by atoms with van der Waals surface area (Å²) < 4.78 is 27.9. The molecular weight excluding hydrogens is 394 g/mol. The molecule has 3 rings (SSSR count). The second kappa shape index (κ2) is 8.49. The molecule has 0 radical (unpaired) electrons. The van der Waals surface area contributed by atoms with Crippen LogP contribution >= 0.6 is 11.6 Å². The molecule has 0 heterocycles. The SMILES string of the molecule is Cc1ccc(S(=O)(=O)Nc2cc(Cl)ccc2C(O)C#Cc2ccccc2)cc1. The first-order chi connectivity index (χ1) is 13.3. The van der Waals surface area contributed by atoms with Gasteiger partial charge in [-0.2, -0.15) is 0 Å². The number of rotatable bonds is 4. The molecule has 6 heteroatoms. The number of halogens is 1. The molecule has 0 aromatic heterocycles. The highest BCUT2D eigenvalue weighted by Crippen LogP contribution is 2.28. The van der Waals surface area contributed by atoms with E-state index in [1.165, 1.54) is 18.2 Å². The number of aliphatic hydroxyl groups is 1. The van der Waals surface area contributed by atoms with E-state index in [1.54, 1.807) is 24.3 Å². The average Bonchev–Trinajstić information content (AvgIpc) is 2.67. The molecule has 0 saturated carbocycles. The zero-order valence-electron chi connectivity index (χ0n) is 15.1. The quantitative estimate of drug-likeness (QED) is 0.619. The van der Waals surface area contributed by atoms with E-state index in [-0.39, 0.29) is 10.6 Å². The fourth-order valence-electron chi connectivity index (χ4n) is 2.53. The zero-order valence-corrected chi connectivity index (χ0v) is 16.6. The molecule has 3 aromatic rings. The lowest BCUT2D eigenvalue weighted by atomic mass is 10.1. The van der Waals surface area contributed by atoms with Crippen molar-refractivity contribution in [2.24, 2.45) is 0 Å². The number of anilines is 1. The summed E-state index contributed by atoms with van der Waals surface area (Å²) in [7, 11) is -3.84. The topological polar surface area (TPSA) is 66.4 Å². The molecule has 0 bridgehead atoms. The summed E-state index contributed by atoms with van der Waals surface area (Å²) in [4.78, 5) is 0.119. The Morgan fingerprint density at radius 2 is 1.68 bits per heavy atom. The smallest absolute Gasteiger partial charge is 0.261 e. The van der Waals surface area contributed by atoms with Gasteiger partial charge >= 0.3 is 0 Å². The van der Waals surface area contributed by atoms with Crippen molar-refractivity contribution in [3.63, 3.8) is 0 Å². The molecule has 28 heavy (non-hydrogen) atoms. The van der Waals surface area contributed by atoms with Gasteiger partial charge in [0.1, 0.15) is 6.10 Å². The molecule has 0 fully saturated rings. The van der Waals surface area contributed by atoms with Crippen LogP contribution in [0.1, 0.15) is 22.8 Å². The maximum absolute atomic E-state index is 12.7. The normalized spacial score (nSPS) is 12.0. The highest BCUT2D eigenvalue weighted by Gasteiger charge is 2.18. The lowest BCUT2D eigenvalue weighted by molar-refractivity contribution is 0.239. The van der Waals surface area contributed by atoms with Gasteiger partial charge < -0.3 is 5.11 Å². The van der Waals surface area contributed by atoms with Gasteiger partial charge in [-0.25, -0.2) is 8.42 Å². The summed E-state index contributed by atoms with van der Waals surface area (Å²) in [6.07, 6.45) is -1.19. The van der Waals surface area contributed by atoms with Crippen molar-refractivity contribution in [3.8, 4) is 11.8 Å². The highest BCUT2D eigenvalue weighted by molar-refractivity contribution is 7.92. The minimum absolute atomic E-state index is 0.119. The molecular formula is C22H18ClNO3S. The van der Waals surface area contributed by atoms with Crippen molar-refractivity contribution < 1.29 is 13.5 Å². The minimum atomic E-state index is -3.84. The number of hydrogen-bond acceptors (Lipinski definition) is 3. The monoisotopic (exact) mass is 411 g/mol. The number of nitrogens with one attached hydrogen (secondary N) is 1. The van der Waals surface area contributed by atoms with E-state index < -0.39 is 16.1 Å². The summed E-state index contributed by atoms with van der Waals surface area (Å²) in [5, 5.41) is 10.8. The summed E-state index contributed by atoms with van der Waals surface area (Å²) in [6, 6.07) is 20.3. The fourth-order valence-corrected chi connectivity index (χ4v) is 3.78. The molecule has 0 aliphatic heterocycles. The van der Waals surface area contributed by atoms with E-state index in [0.717, 1.165) is 11.1 Å². The van der Waals surface area contributed by atoms with Gasteiger partial charge in [0.2, 0.25) is 0 Å². The van der Waals surface area contributed by atoms with Gasteiger partial charge in [-0.1, -0.05) is 65.4 Å². The van der Waals surface area contributed by atoms with Crippen LogP contribution in [-0.2, 0) is 10.0 Å². The van der Waals surface area contributed by atoms with Gasteiger partial charge in [0.05, 0.1) is 10.6 Å². The molecule has 3 aromatic carbocycles. The maximum atomic E-state index is 12.7. The Morgan fingerprint density at radius 3 is 2.36 bits per heavy atom. The van der Waals surface area contributed by atoms with E-state index in [0.29, 0.717) is 10.6 Å². The standard InChI is InChI=1S/C22H18ClNO3S/c1-16-7-11-19(12-8-16)28(26,27)24-21-15-18(23)10-13-20(21)22(25)14-9-17-5-3-2-4-6-17/h2-8,10-13,15,22,24-25H,1H3. The fraction of sp³-hybridized carbons (Fsp3) is 0.0909. The average molecular weight is 412 g/mol. The number of benzene rings is 3. The third-order valence-electron chi connectivity index (χ3n) is 4.01. The summed E-state index contributed by atoms with van der Waals surface area (Å²) in [5.74, 6) is 5.61. The van der Waals surface area contributed by atoms with Crippen molar-refractivity contribution >= 4 is 27.3 Å². The van der Waals surface area contributed by atoms with Crippen molar-refractivity contribution in [1.29, 1.82) is 0 Å². The van der Waals surface area contributed by atoms with Crippen LogP contribution in [0.2, 0.25) is 5.02 Å². The van der Waals surface area contributed by atoms with Crippen molar-refractivity contribution in [1.82, 2.24) is 0 Å². The van der Waals surface area contributed by atoms with Gasteiger partial charge in [0, 0.05) is 16.1 Å². The van der Waals surface area contributed by atoms with Crippen molar-refractivity contribution in [2.75, 3.05) is 4.72 Å². The number of aryl methyl sites for hydroxylation is 1. The minimum Gasteiger partial charge on any atom is -0.376 e. The number of hydrogen-bond donors (Lipinski definition) is 2. The largest absolute Gasteiger partial charge is 0.376 e. The first-order valence-electron chi connectivity index (χ1n) is 8.49. The predicted octanol–water partition coefficient (Wildman–Crippen LogP) is 4.53. The Balaban J connectivity index is 1.93. The Labute approximate surface area is 169 Å². The van der Waals surface area contributed by atoms with E-state index in [2.05, 4.69) is 16.6 Å². The van der Waals surface area contributed by atoms with Gasteiger partial charge in [-0.05, 0) is 43.3 Å². The third kappa shape index (κ3) is 4.93. The number of aliphatic hydroxyl groups excluding tert-OH is 1. The van der Waals surface area contributed by atoms with Crippen molar-refractivity contribution in [2.45, 2.75) is 17.9 Å². The molecule has 0 aliphatic rings. The second-order valence-corrected chi connectivity index (χ2v) is 8.31. The lowest BCUT2D eigenvalue weighted by Crippen LogP contribution is -2.15. The second-order valence-electron chi connectivity index (χ2n) is 6.19. The van der Waals surface area contributed by atoms with Gasteiger partial charge in [0.25, 0.3) is 10.0 Å². The van der Waals surface area contributed by atoms with Crippen LogP contribution in [0.25, 0.3) is 0 Å². The zero-order chi connectivity index (χ0) is 20.1. The molecule has 1 unspecified atom stereocenters. The van der Waals surface area contributed by atoms with Crippen LogP contribution in [0.3, 0.4) is 0 Å². The van der Waals surface area contributed by atoms with Gasteiger partial charge in [-0.15, -0.1) is 0 Å². The van der Waals surface area contributed by atoms with Gasteiger partial charge in [-0.3, -0.25) is 4.72 Å². The third-order valence-corrected chi connectivity index (χ3v) is 5.63. The van der Waals surface area contributed by atoms with E-state index in [1.807, 2.05) is 37.3 Å². The van der Waals surface area contributed by atoms with Crippen LogP contribution in [0.15, 0.2) is 77.7 Å². The Hall–Kier alpha value is -2.78. The Morgan fingerprint density at radius 1 is 1.00 bits per heavy atom. The Bertz CT molecular complexity index is 1130. The summed E-state index contributed by atoms with van der Waals surface area (Å²) in [6.45, 7) is 1.88. The molecule has 1 atom stereocenters. The summed E-state index contributed by atoms with van der Waals surface area (Å²) in [5.41, 5.74) is 2.21. The molecule has 0 amide bonds. The van der Waals surface area contributed by atoms with E-state index in [4.69, 9.17) is 11.6 Å².